The standard InChI is InChI=1S/C15H12BrClN2O2/c1-9(20)10-2-5-12(6-3-10)18-15(21)19-14-8-11(16)4-7-13(14)17/h2-8H,1H3,(H2,18,19,21). The van der Waals surface area contributed by atoms with Crippen LogP contribution >= 0.6 is 27.5 Å². The van der Waals surface area contributed by atoms with E-state index in [1.807, 2.05) is 0 Å². The maximum Gasteiger partial charge on any atom is 0.323 e. The zero-order chi connectivity index (χ0) is 15.4. The van der Waals surface area contributed by atoms with E-state index in [9.17, 15) is 9.59 Å². The van der Waals surface area contributed by atoms with Gasteiger partial charge in [-0.2, -0.15) is 0 Å². The molecule has 2 aromatic carbocycles. The number of nitrogens with one attached hydrogen (secondary N) is 2. The number of Topliss-reactive ketones (excluding diaryl/α,β-unsaturated/α-hetero) is 1. The number of hydrogen-bond acceptors (Lipinski definition) is 2. The lowest BCUT2D eigenvalue weighted by Gasteiger charge is -2.09. The quantitative estimate of drug-likeness (QED) is 0.754. The lowest BCUT2D eigenvalue weighted by atomic mass is 10.1. The topological polar surface area (TPSA) is 58.2 Å². The molecule has 0 unspecified atom stereocenters. The maximum atomic E-state index is 11.9. The van der Waals surface area contributed by atoms with Gasteiger partial charge in [0.2, 0.25) is 0 Å². The van der Waals surface area contributed by atoms with Crippen LogP contribution in [-0.2, 0) is 0 Å². The molecule has 0 saturated heterocycles. The average Bonchev–Trinajstić information content (AvgIpc) is 2.43. The summed E-state index contributed by atoms with van der Waals surface area (Å²) in [6, 6.07) is 11.4. The van der Waals surface area contributed by atoms with Gasteiger partial charge in [-0.25, -0.2) is 4.79 Å². The van der Waals surface area contributed by atoms with Gasteiger partial charge >= 0.3 is 6.03 Å². The second-order valence-electron chi connectivity index (χ2n) is 4.34. The minimum Gasteiger partial charge on any atom is -0.308 e. The summed E-state index contributed by atoms with van der Waals surface area (Å²) in [4.78, 5) is 23.1. The highest BCUT2D eigenvalue weighted by atomic mass is 79.9. The van der Waals surface area contributed by atoms with E-state index in [0.717, 1.165) is 4.47 Å². The predicted octanol–water partition coefficient (Wildman–Crippen LogP) is 4.95. The Balaban J connectivity index is 2.04. The summed E-state index contributed by atoms with van der Waals surface area (Å²) in [5, 5.41) is 5.77. The van der Waals surface area contributed by atoms with Gasteiger partial charge in [-0.1, -0.05) is 27.5 Å². The largest absolute Gasteiger partial charge is 0.323 e. The predicted molar refractivity (Wildman–Crippen MR) is 88.2 cm³/mol. The van der Waals surface area contributed by atoms with Crippen LogP contribution in [0.15, 0.2) is 46.9 Å². The second kappa shape index (κ2) is 6.74. The zero-order valence-corrected chi connectivity index (χ0v) is 13.5. The van der Waals surface area contributed by atoms with Crippen molar-refractivity contribution in [3.63, 3.8) is 0 Å². The summed E-state index contributed by atoms with van der Waals surface area (Å²) >= 11 is 9.31. The van der Waals surface area contributed by atoms with Crippen molar-refractivity contribution in [3.05, 3.63) is 57.5 Å². The van der Waals surface area contributed by atoms with Gasteiger partial charge in [0, 0.05) is 15.7 Å². The van der Waals surface area contributed by atoms with Crippen LogP contribution in [0, 0.1) is 0 Å². The van der Waals surface area contributed by atoms with Crippen LogP contribution in [0.3, 0.4) is 0 Å². The number of halogens is 2. The molecule has 0 spiro atoms. The van der Waals surface area contributed by atoms with Gasteiger partial charge in [0.05, 0.1) is 10.7 Å². The third-order valence-corrected chi connectivity index (χ3v) is 3.55. The van der Waals surface area contributed by atoms with Crippen molar-refractivity contribution in [1.82, 2.24) is 0 Å². The van der Waals surface area contributed by atoms with Gasteiger partial charge in [-0.05, 0) is 49.4 Å². The van der Waals surface area contributed by atoms with Crippen molar-refractivity contribution in [3.8, 4) is 0 Å². The van der Waals surface area contributed by atoms with Crippen molar-refractivity contribution >= 4 is 50.7 Å². The first-order chi connectivity index (χ1) is 9.95. The molecule has 0 aromatic heterocycles. The first kappa shape index (κ1) is 15.5. The van der Waals surface area contributed by atoms with E-state index in [-0.39, 0.29) is 5.78 Å². The van der Waals surface area contributed by atoms with Crippen LogP contribution in [-0.4, -0.2) is 11.8 Å². The maximum absolute atomic E-state index is 11.9. The van der Waals surface area contributed by atoms with E-state index < -0.39 is 6.03 Å². The van der Waals surface area contributed by atoms with E-state index >= 15 is 0 Å². The molecule has 2 N–H and O–H groups in total. The average molecular weight is 368 g/mol. The summed E-state index contributed by atoms with van der Waals surface area (Å²) in [6.07, 6.45) is 0. The van der Waals surface area contributed by atoms with Crippen LogP contribution in [0.5, 0.6) is 0 Å². The molecule has 108 valence electrons. The molecule has 4 nitrogen and oxygen atoms in total. The molecule has 0 aliphatic carbocycles. The normalized spacial score (nSPS) is 10.0. The van der Waals surface area contributed by atoms with Gasteiger partial charge in [0.25, 0.3) is 0 Å². The molecule has 0 radical (unpaired) electrons. The summed E-state index contributed by atoms with van der Waals surface area (Å²) in [5.74, 6) is -0.0214. The minimum atomic E-state index is -0.412. The second-order valence-corrected chi connectivity index (χ2v) is 5.66. The smallest absolute Gasteiger partial charge is 0.308 e. The lowest BCUT2D eigenvalue weighted by molar-refractivity contribution is 0.101. The Bertz CT molecular complexity index is 687. The van der Waals surface area contributed by atoms with E-state index in [4.69, 9.17) is 11.6 Å². The highest BCUT2D eigenvalue weighted by Crippen LogP contribution is 2.25. The lowest BCUT2D eigenvalue weighted by Crippen LogP contribution is -2.19. The Kier molecular flexibility index (Phi) is 4.98. The Morgan fingerprint density at radius 2 is 1.71 bits per heavy atom. The first-order valence-electron chi connectivity index (χ1n) is 6.10. The van der Waals surface area contributed by atoms with Crippen LogP contribution in [0.25, 0.3) is 0 Å². The Morgan fingerprint density at radius 1 is 1.05 bits per heavy atom. The number of rotatable bonds is 3. The summed E-state index contributed by atoms with van der Waals surface area (Å²) in [5.41, 5.74) is 1.68. The Morgan fingerprint density at radius 3 is 2.33 bits per heavy atom. The molecule has 0 fully saturated rings. The van der Waals surface area contributed by atoms with E-state index in [1.165, 1.54) is 6.92 Å². The van der Waals surface area contributed by atoms with Crippen LogP contribution < -0.4 is 10.6 Å². The summed E-state index contributed by atoms with van der Waals surface area (Å²) in [7, 11) is 0. The van der Waals surface area contributed by atoms with E-state index in [1.54, 1.807) is 42.5 Å². The van der Waals surface area contributed by atoms with Crippen molar-refractivity contribution < 1.29 is 9.59 Å². The van der Waals surface area contributed by atoms with Crippen LogP contribution in [0.2, 0.25) is 5.02 Å². The van der Waals surface area contributed by atoms with Crippen molar-refractivity contribution in [2.75, 3.05) is 10.6 Å². The molecular weight excluding hydrogens is 356 g/mol. The number of carbonyl (C=O) groups is 2. The number of benzene rings is 2. The minimum absolute atomic E-state index is 0.0214. The third kappa shape index (κ3) is 4.31. The highest BCUT2D eigenvalue weighted by Gasteiger charge is 2.07. The van der Waals surface area contributed by atoms with Gasteiger partial charge in [-0.3, -0.25) is 4.79 Å². The van der Waals surface area contributed by atoms with Crippen molar-refractivity contribution in [2.24, 2.45) is 0 Å². The zero-order valence-electron chi connectivity index (χ0n) is 11.1. The molecule has 21 heavy (non-hydrogen) atoms. The van der Waals surface area contributed by atoms with Gasteiger partial charge in [0.15, 0.2) is 5.78 Å². The van der Waals surface area contributed by atoms with Crippen molar-refractivity contribution in [1.29, 1.82) is 0 Å². The third-order valence-electron chi connectivity index (χ3n) is 2.73. The van der Waals surface area contributed by atoms with Crippen LogP contribution in [0.1, 0.15) is 17.3 Å². The molecule has 0 bridgehead atoms. The van der Waals surface area contributed by atoms with Gasteiger partial charge in [0.1, 0.15) is 0 Å². The van der Waals surface area contributed by atoms with Gasteiger partial charge in [-0.15, -0.1) is 0 Å². The molecule has 2 rings (SSSR count). The van der Waals surface area contributed by atoms with Crippen LogP contribution in [0.4, 0.5) is 16.2 Å². The number of urea groups is 1. The molecule has 0 heterocycles. The van der Waals surface area contributed by atoms with E-state index in [2.05, 4.69) is 26.6 Å². The first-order valence-corrected chi connectivity index (χ1v) is 7.27. The molecule has 2 aromatic rings. The number of anilines is 2. The Labute approximate surface area is 135 Å². The fraction of sp³-hybridized carbons (Fsp3) is 0.0667. The highest BCUT2D eigenvalue weighted by molar-refractivity contribution is 9.10. The molecule has 6 heteroatoms. The molecule has 0 atom stereocenters. The van der Waals surface area contributed by atoms with Gasteiger partial charge < -0.3 is 10.6 Å². The van der Waals surface area contributed by atoms with Crippen molar-refractivity contribution in [2.45, 2.75) is 6.92 Å². The monoisotopic (exact) mass is 366 g/mol. The van der Waals surface area contributed by atoms with E-state index in [0.29, 0.717) is 22.0 Å². The SMILES string of the molecule is CC(=O)c1ccc(NC(=O)Nc2cc(Br)ccc2Cl)cc1. The molecular formula is C15H12BrClN2O2. The Hall–Kier alpha value is -1.85. The fourth-order valence-electron chi connectivity index (χ4n) is 1.67. The summed E-state index contributed by atoms with van der Waals surface area (Å²) in [6.45, 7) is 1.49. The number of amides is 2. The number of ketones is 1. The molecule has 0 aliphatic rings. The molecule has 0 aliphatic heterocycles. The molecule has 2 amide bonds. The molecule has 0 saturated carbocycles. The number of carbonyl (C=O) groups excluding carboxylic acids is 2. The fourth-order valence-corrected chi connectivity index (χ4v) is 2.19. The number of hydrogen-bond donors (Lipinski definition) is 2. The summed E-state index contributed by atoms with van der Waals surface area (Å²) < 4.78 is 0.813.